The highest BCUT2D eigenvalue weighted by Crippen LogP contribution is 2.35. The quantitative estimate of drug-likeness (QED) is 0.827. The normalized spacial score (nSPS) is 16.2. The van der Waals surface area contributed by atoms with Crippen molar-refractivity contribution in [2.45, 2.75) is 18.3 Å². The molecule has 1 aliphatic heterocycles. The molecule has 1 N–H and O–H groups in total. The minimum atomic E-state index is -0.490. The Morgan fingerprint density at radius 2 is 1.71 bits per heavy atom. The second kappa shape index (κ2) is 7.06. The van der Waals surface area contributed by atoms with Crippen molar-refractivity contribution in [2.75, 3.05) is 18.4 Å². The summed E-state index contributed by atoms with van der Waals surface area (Å²) in [4.78, 5) is 14.2. The lowest BCUT2D eigenvalue weighted by Crippen LogP contribution is -2.46. The Bertz CT molecular complexity index is 744. The van der Waals surface area contributed by atoms with Crippen LogP contribution in [0.25, 0.3) is 0 Å². The molecular weight excluding hydrogens is 366 g/mol. The number of carbonyl (C=O) groups excluding carboxylic acids is 1. The monoisotopic (exact) mass is 383 g/mol. The molecule has 0 aliphatic carbocycles. The number of benzene rings is 2. The number of urea groups is 1. The maximum atomic E-state index is 12.4. The summed E-state index contributed by atoms with van der Waals surface area (Å²) in [5.74, 6) is 0. The van der Waals surface area contributed by atoms with Gasteiger partial charge in [-0.05, 0) is 42.7 Å². The van der Waals surface area contributed by atoms with Crippen molar-refractivity contribution in [1.29, 1.82) is 5.26 Å². The predicted octanol–water partition coefficient (Wildman–Crippen LogP) is 4.54. The van der Waals surface area contributed by atoms with Crippen LogP contribution in [0.2, 0.25) is 0 Å². The zero-order valence-corrected chi connectivity index (χ0v) is 14.8. The molecule has 5 heteroatoms. The van der Waals surface area contributed by atoms with E-state index in [1.54, 1.807) is 4.90 Å². The van der Waals surface area contributed by atoms with Crippen LogP contribution in [-0.2, 0) is 5.41 Å². The number of hydrogen-bond donors (Lipinski definition) is 1. The average Bonchev–Trinajstić information content (AvgIpc) is 2.64. The Kier molecular flexibility index (Phi) is 4.86. The van der Waals surface area contributed by atoms with E-state index in [4.69, 9.17) is 0 Å². The Morgan fingerprint density at radius 3 is 2.29 bits per heavy atom. The fourth-order valence-electron chi connectivity index (χ4n) is 3.05. The smallest absolute Gasteiger partial charge is 0.321 e. The van der Waals surface area contributed by atoms with Crippen LogP contribution in [0.1, 0.15) is 18.4 Å². The van der Waals surface area contributed by atoms with Gasteiger partial charge in [0, 0.05) is 23.2 Å². The van der Waals surface area contributed by atoms with E-state index < -0.39 is 5.41 Å². The molecule has 24 heavy (non-hydrogen) atoms. The zero-order chi connectivity index (χ0) is 17.0. The number of anilines is 1. The summed E-state index contributed by atoms with van der Waals surface area (Å²) in [5.41, 5.74) is 1.32. The molecule has 1 saturated heterocycles. The summed E-state index contributed by atoms with van der Waals surface area (Å²) in [6, 6.07) is 19.7. The maximum Gasteiger partial charge on any atom is 0.321 e. The SMILES string of the molecule is N#CC1(c2ccccc2)CCN(C(=O)Nc2ccc(Br)cc2)CC1. The predicted molar refractivity (Wildman–Crippen MR) is 97.7 cm³/mol. The van der Waals surface area contributed by atoms with E-state index in [0.717, 1.165) is 15.7 Å². The van der Waals surface area contributed by atoms with Crippen molar-refractivity contribution in [3.63, 3.8) is 0 Å². The van der Waals surface area contributed by atoms with Crippen molar-refractivity contribution in [2.24, 2.45) is 0 Å². The van der Waals surface area contributed by atoms with Crippen molar-refractivity contribution in [1.82, 2.24) is 4.90 Å². The first-order chi connectivity index (χ1) is 11.6. The highest BCUT2D eigenvalue weighted by Gasteiger charge is 2.37. The van der Waals surface area contributed by atoms with Gasteiger partial charge in [-0.3, -0.25) is 0 Å². The molecule has 2 aromatic rings. The first-order valence-electron chi connectivity index (χ1n) is 7.91. The molecule has 1 aliphatic rings. The van der Waals surface area contributed by atoms with Crippen LogP contribution >= 0.6 is 15.9 Å². The first-order valence-corrected chi connectivity index (χ1v) is 8.70. The summed E-state index contributed by atoms with van der Waals surface area (Å²) >= 11 is 3.38. The Hall–Kier alpha value is -2.32. The minimum absolute atomic E-state index is 0.114. The lowest BCUT2D eigenvalue weighted by Gasteiger charge is -2.37. The third-order valence-corrected chi connectivity index (χ3v) is 5.07. The number of hydrogen-bond acceptors (Lipinski definition) is 2. The lowest BCUT2D eigenvalue weighted by atomic mass is 9.74. The molecule has 2 aromatic carbocycles. The topological polar surface area (TPSA) is 56.1 Å². The molecule has 0 aromatic heterocycles. The summed E-state index contributed by atoms with van der Waals surface area (Å²) < 4.78 is 0.972. The lowest BCUT2D eigenvalue weighted by molar-refractivity contribution is 0.183. The van der Waals surface area contributed by atoms with Crippen LogP contribution in [-0.4, -0.2) is 24.0 Å². The number of nitrogens with zero attached hydrogens (tertiary/aromatic N) is 2. The van der Waals surface area contributed by atoms with Crippen LogP contribution in [0.5, 0.6) is 0 Å². The Labute approximate surface area is 150 Å². The van der Waals surface area contributed by atoms with Crippen LogP contribution in [0.15, 0.2) is 59.1 Å². The summed E-state index contributed by atoms with van der Waals surface area (Å²) in [6.07, 6.45) is 1.31. The van der Waals surface area contributed by atoms with E-state index in [1.807, 2.05) is 54.6 Å². The molecule has 1 heterocycles. The van der Waals surface area contributed by atoms with Crippen molar-refractivity contribution in [3.05, 3.63) is 64.6 Å². The van der Waals surface area contributed by atoms with Gasteiger partial charge < -0.3 is 10.2 Å². The van der Waals surface area contributed by atoms with Crippen molar-refractivity contribution >= 4 is 27.6 Å². The van der Waals surface area contributed by atoms with Gasteiger partial charge in [-0.1, -0.05) is 46.3 Å². The van der Waals surface area contributed by atoms with Gasteiger partial charge in [0.25, 0.3) is 0 Å². The van der Waals surface area contributed by atoms with E-state index in [9.17, 15) is 10.1 Å². The largest absolute Gasteiger partial charge is 0.324 e. The maximum absolute atomic E-state index is 12.4. The molecule has 0 radical (unpaired) electrons. The van der Waals surface area contributed by atoms with E-state index in [2.05, 4.69) is 27.3 Å². The highest BCUT2D eigenvalue weighted by molar-refractivity contribution is 9.10. The number of piperidine rings is 1. The number of rotatable bonds is 2. The molecule has 0 spiro atoms. The van der Waals surface area contributed by atoms with Crippen LogP contribution < -0.4 is 5.32 Å². The molecule has 0 unspecified atom stereocenters. The number of amides is 2. The molecule has 0 bridgehead atoms. The minimum Gasteiger partial charge on any atom is -0.324 e. The number of nitrogens with one attached hydrogen (secondary N) is 1. The van der Waals surface area contributed by atoms with Gasteiger partial charge in [-0.2, -0.15) is 5.26 Å². The molecule has 0 atom stereocenters. The van der Waals surface area contributed by atoms with E-state index in [0.29, 0.717) is 25.9 Å². The van der Waals surface area contributed by atoms with Crippen LogP contribution in [0, 0.1) is 11.3 Å². The standard InChI is InChI=1S/C19H18BrN3O/c20-16-6-8-17(9-7-16)22-18(24)23-12-10-19(14-21,11-13-23)15-4-2-1-3-5-15/h1-9H,10-13H2,(H,22,24). The van der Waals surface area contributed by atoms with Crippen LogP contribution in [0.4, 0.5) is 10.5 Å². The number of carbonyl (C=O) groups is 1. The van der Waals surface area contributed by atoms with Crippen LogP contribution in [0.3, 0.4) is 0 Å². The highest BCUT2D eigenvalue weighted by atomic mass is 79.9. The Morgan fingerprint density at radius 1 is 1.08 bits per heavy atom. The summed E-state index contributed by atoms with van der Waals surface area (Å²) in [5, 5.41) is 12.6. The molecule has 3 rings (SSSR count). The van der Waals surface area contributed by atoms with E-state index in [1.165, 1.54) is 0 Å². The molecule has 4 nitrogen and oxygen atoms in total. The summed E-state index contributed by atoms with van der Waals surface area (Å²) in [6.45, 7) is 1.15. The number of halogens is 1. The van der Waals surface area contributed by atoms with Gasteiger partial charge in [-0.25, -0.2) is 4.79 Å². The van der Waals surface area contributed by atoms with E-state index in [-0.39, 0.29) is 6.03 Å². The molecule has 1 fully saturated rings. The average molecular weight is 384 g/mol. The van der Waals surface area contributed by atoms with Gasteiger partial charge in [0.05, 0.1) is 11.5 Å². The number of nitriles is 1. The third kappa shape index (κ3) is 3.44. The van der Waals surface area contributed by atoms with Crippen molar-refractivity contribution < 1.29 is 4.79 Å². The van der Waals surface area contributed by atoms with Crippen molar-refractivity contribution in [3.8, 4) is 6.07 Å². The van der Waals surface area contributed by atoms with Gasteiger partial charge in [0.1, 0.15) is 0 Å². The van der Waals surface area contributed by atoms with Gasteiger partial charge in [0.2, 0.25) is 0 Å². The second-order valence-electron chi connectivity index (χ2n) is 5.98. The molecule has 2 amide bonds. The third-order valence-electron chi connectivity index (χ3n) is 4.54. The zero-order valence-electron chi connectivity index (χ0n) is 13.2. The van der Waals surface area contributed by atoms with E-state index >= 15 is 0 Å². The second-order valence-corrected chi connectivity index (χ2v) is 6.90. The fraction of sp³-hybridized carbons (Fsp3) is 0.263. The van der Waals surface area contributed by atoms with Gasteiger partial charge >= 0.3 is 6.03 Å². The molecular formula is C19H18BrN3O. The van der Waals surface area contributed by atoms with Gasteiger partial charge in [-0.15, -0.1) is 0 Å². The Balaban J connectivity index is 1.65. The first kappa shape index (κ1) is 16.5. The number of likely N-dealkylation sites (tertiary alicyclic amines) is 1. The summed E-state index contributed by atoms with van der Waals surface area (Å²) in [7, 11) is 0. The molecule has 122 valence electrons. The van der Waals surface area contributed by atoms with Gasteiger partial charge in [0.15, 0.2) is 0 Å². The molecule has 0 saturated carbocycles. The fourth-order valence-corrected chi connectivity index (χ4v) is 3.31.